The first-order valence-electron chi connectivity index (χ1n) is 4.62. The Morgan fingerprint density at radius 1 is 0.786 bits per heavy atom. The third-order valence-corrected chi connectivity index (χ3v) is 1.99. The van der Waals surface area contributed by atoms with Crippen molar-refractivity contribution in [3.05, 3.63) is 0 Å². The number of hydrogen-bond donors (Lipinski definition) is 0. The van der Waals surface area contributed by atoms with Gasteiger partial charge in [-0.3, -0.25) is 9.59 Å². The monoisotopic (exact) mass is 223 g/mol. The van der Waals surface area contributed by atoms with E-state index in [1.54, 1.807) is 0 Å². The standard InChI is InChI=1S/C11H20O2.K/c1-10(2,3)8(12)7-9(13)11(4,5)6;/h7H2,1-6H3;. The van der Waals surface area contributed by atoms with E-state index in [1.165, 1.54) is 0 Å². The fourth-order valence-electron chi connectivity index (χ4n) is 0.676. The van der Waals surface area contributed by atoms with Crippen molar-refractivity contribution in [2.24, 2.45) is 10.8 Å². The number of Topliss-reactive ketones (excluding diaryl/α,β-unsaturated/α-hetero) is 2. The first-order chi connectivity index (χ1) is 5.55. The zero-order chi connectivity index (χ0) is 10.9. The molecule has 0 fully saturated rings. The Morgan fingerprint density at radius 3 is 1.14 bits per heavy atom. The summed E-state index contributed by atoms with van der Waals surface area (Å²) in [6.45, 7) is 11.0. The molecule has 0 aromatic rings. The average Bonchev–Trinajstić information content (AvgIpc) is 1.82. The molecular formula is C11H20KO2. The second-order valence-electron chi connectivity index (χ2n) is 5.52. The SMILES string of the molecule is CC(C)(C)C(=O)CC(=O)C(C)(C)C.[K]. The Bertz CT molecular complexity index is 194. The Hall–Kier alpha value is 0.976. The van der Waals surface area contributed by atoms with Gasteiger partial charge in [0.1, 0.15) is 11.6 Å². The normalized spacial score (nSPS) is 11.9. The van der Waals surface area contributed by atoms with E-state index >= 15 is 0 Å². The second-order valence-corrected chi connectivity index (χ2v) is 5.52. The molecule has 0 aromatic heterocycles. The summed E-state index contributed by atoms with van der Waals surface area (Å²) >= 11 is 0. The molecule has 0 unspecified atom stereocenters. The summed E-state index contributed by atoms with van der Waals surface area (Å²) in [7, 11) is 0. The van der Waals surface area contributed by atoms with E-state index in [1.807, 2.05) is 41.5 Å². The Labute approximate surface area is 130 Å². The molecule has 0 atom stereocenters. The van der Waals surface area contributed by atoms with E-state index in [-0.39, 0.29) is 69.4 Å². The fraction of sp³-hybridized carbons (Fsp3) is 0.818. The van der Waals surface area contributed by atoms with Crippen molar-refractivity contribution >= 4 is 63.0 Å². The molecule has 0 spiro atoms. The van der Waals surface area contributed by atoms with Gasteiger partial charge in [0.15, 0.2) is 0 Å². The third kappa shape index (κ3) is 6.46. The molecule has 0 N–H and O–H groups in total. The molecule has 0 aliphatic heterocycles. The van der Waals surface area contributed by atoms with Gasteiger partial charge in [0.2, 0.25) is 0 Å². The minimum absolute atomic E-state index is 0. The number of ketones is 2. The van der Waals surface area contributed by atoms with Crippen molar-refractivity contribution in [3.63, 3.8) is 0 Å². The van der Waals surface area contributed by atoms with E-state index in [0.717, 1.165) is 0 Å². The molecule has 0 saturated carbocycles. The number of rotatable bonds is 2. The minimum atomic E-state index is -0.402. The van der Waals surface area contributed by atoms with Gasteiger partial charge >= 0.3 is 0 Å². The fourth-order valence-corrected chi connectivity index (χ4v) is 0.676. The summed E-state index contributed by atoms with van der Waals surface area (Å²) in [5, 5.41) is 0. The summed E-state index contributed by atoms with van der Waals surface area (Å²) in [6.07, 6.45) is 0.0625. The maximum absolute atomic E-state index is 11.5. The van der Waals surface area contributed by atoms with Crippen LogP contribution >= 0.6 is 0 Å². The van der Waals surface area contributed by atoms with Gasteiger partial charge in [0.25, 0.3) is 0 Å². The van der Waals surface area contributed by atoms with E-state index in [9.17, 15) is 9.59 Å². The Kier molecular flexibility index (Phi) is 7.32. The molecule has 0 saturated heterocycles. The molecular weight excluding hydrogens is 203 g/mol. The van der Waals surface area contributed by atoms with E-state index in [2.05, 4.69) is 0 Å². The minimum Gasteiger partial charge on any atom is -0.299 e. The van der Waals surface area contributed by atoms with Gasteiger partial charge in [-0.15, -0.1) is 0 Å². The van der Waals surface area contributed by atoms with Gasteiger partial charge in [-0.25, -0.2) is 0 Å². The quantitative estimate of drug-likeness (QED) is 0.531. The first-order valence-corrected chi connectivity index (χ1v) is 4.62. The number of hydrogen-bond acceptors (Lipinski definition) is 2. The van der Waals surface area contributed by atoms with Crippen molar-refractivity contribution in [3.8, 4) is 0 Å². The summed E-state index contributed by atoms with van der Waals surface area (Å²) in [5.74, 6) is 0.0415. The van der Waals surface area contributed by atoms with Crippen LogP contribution in [0, 0.1) is 10.8 Å². The van der Waals surface area contributed by atoms with E-state index in [4.69, 9.17) is 0 Å². The van der Waals surface area contributed by atoms with Crippen LogP contribution in [0.1, 0.15) is 48.0 Å². The Balaban J connectivity index is 0. The molecule has 0 amide bonds. The van der Waals surface area contributed by atoms with Gasteiger partial charge < -0.3 is 0 Å². The van der Waals surface area contributed by atoms with Crippen molar-refractivity contribution < 1.29 is 9.59 Å². The topological polar surface area (TPSA) is 34.1 Å². The van der Waals surface area contributed by atoms with Crippen LogP contribution in [0.2, 0.25) is 0 Å². The predicted molar refractivity (Wildman–Crippen MR) is 59.3 cm³/mol. The molecule has 2 nitrogen and oxygen atoms in total. The number of carbonyl (C=O) groups excluding carboxylic acids is 2. The molecule has 14 heavy (non-hydrogen) atoms. The predicted octanol–water partition coefficient (Wildman–Crippen LogP) is 2.23. The second kappa shape index (κ2) is 5.90. The molecule has 0 aromatic carbocycles. The Morgan fingerprint density at radius 2 is 1.00 bits per heavy atom. The first kappa shape index (κ1) is 17.4. The van der Waals surface area contributed by atoms with Gasteiger partial charge in [0, 0.05) is 62.2 Å². The van der Waals surface area contributed by atoms with Crippen molar-refractivity contribution in [1.29, 1.82) is 0 Å². The van der Waals surface area contributed by atoms with Gasteiger partial charge in [-0.2, -0.15) is 0 Å². The molecule has 0 aliphatic carbocycles. The summed E-state index contributed by atoms with van der Waals surface area (Å²) in [6, 6.07) is 0. The zero-order valence-corrected chi connectivity index (χ0v) is 13.6. The molecule has 0 aliphatic rings. The van der Waals surface area contributed by atoms with Crippen molar-refractivity contribution in [1.82, 2.24) is 0 Å². The van der Waals surface area contributed by atoms with Crippen molar-refractivity contribution in [2.75, 3.05) is 0 Å². The molecule has 0 heterocycles. The summed E-state index contributed by atoms with van der Waals surface area (Å²) in [5.41, 5.74) is -0.804. The molecule has 0 rings (SSSR count). The van der Waals surface area contributed by atoms with Crippen LogP contribution < -0.4 is 0 Å². The largest absolute Gasteiger partial charge is 0.299 e. The van der Waals surface area contributed by atoms with Crippen LogP contribution in [0.3, 0.4) is 0 Å². The van der Waals surface area contributed by atoms with Crippen LogP contribution in [0.15, 0.2) is 0 Å². The molecule has 1 radical (unpaired) electrons. The van der Waals surface area contributed by atoms with Gasteiger partial charge in [-0.1, -0.05) is 41.5 Å². The smallest absolute Gasteiger partial charge is 0.145 e. The van der Waals surface area contributed by atoms with Crippen LogP contribution in [0.25, 0.3) is 0 Å². The van der Waals surface area contributed by atoms with Crippen LogP contribution in [0.4, 0.5) is 0 Å². The summed E-state index contributed by atoms with van der Waals surface area (Å²) < 4.78 is 0. The third-order valence-electron chi connectivity index (χ3n) is 1.99. The molecule has 3 heteroatoms. The van der Waals surface area contributed by atoms with Crippen LogP contribution in [-0.2, 0) is 9.59 Å². The number of carbonyl (C=O) groups is 2. The van der Waals surface area contributed by atoms with Crippen LogP contribution in [-0.4, -0.2) is 63.0 Å². The van der Waals surface area contributed by atoms with Crippen LogP contribution in [0.5, 0.6) is 0 Å². The molecule has 0 bridgehead atoms. The zero-order valence-electron chi connectivity index (χ0n) is 10.5. The van der Waals surface area contributed by atoms with E-state index < -0.39 is 10.8 Å². The van der Waals surface area contributed by atoms with E-state index in [0.29, 0.717) is 0 Å². The molecule has 77 valence electrons. The van der Waals surface area contributed by atoms with Gasteiger partial charge in [0.05, 0.1) is 6.42 Å². The maximum Gasteiger partial charge on any atom is 0.145 e. The average molecular weight is 223 g/mol. The maximum atomic E-state index is 11.5. The van der Waals surface area contributed by atoms with Crippen molar-refractivity contribution in [2.45, 2.75) is 48.0 Å². The van der Waals surface area contributed by atoms with Gasteiger partial charge in [-0.05, 0) is 0 Å². The summed E-state index contributed by atoms with van der Waals surface area (Å²) in [4.78, 5) is 23.0.